The SMILES string of the molecule is COc1cc(/C=N\NC(=O)CN(c2ccccc2C)S(C)(=O)=O)ccc1OCc1ccccc1. The zero-order chi connectivity index (χ0) is 24.6. The largest absolute Gasteiger partial charge is 0.493 e. The van der Waals surface area contributed by atoms with E-state index in [-0.39, 0.29) is 0 Å². The minimum absolute atomic E-state index is 0.392. The van der Waals surface area contributed by atoms with Crippen molar-refractivity contribution in [2.75, 3.05) is 24.2 Å². The molecule has 0 saturated heterocycles. The Morgan fingerprint density at radius 1 is 1.03 bits per heavy atom. The number of hydrazone groups is 1. The maximum absolute atomic E-state index is 12.4. The van der Waals surface area contributed by atoms with Crippen LogP contribution in [-0.4, -0.2) is 40.4 Å². The number of hydrogen-bond donors (Lipinski definition) is 1. The van der Waals surface area contributed by atoms with E-state index < -0.39 is 22.5 Å². The normalized spacial score (nSPS) is 11.3. The van der Waals surface area contributed by atoms with Crippen LogP contribution in [0.2, 0.25) is 0 Å². The summed E-state index contributed by atoms with van der Waals surface area (Å²) in [4.78, 5) is 12.4. The summed E-state index contributed by atoms with van der Waals surface area (Å²) >= 11 is 0. The van der Waals surface area contributed by atoms with E-state index in [1.54, 1.807) is 56.5 Å². The third-order valence-corrected chi connectivity index (χ3v) is 6.03. The van der Waals surface area contributed by atoms with Gasteiger partial charge in [-0.15, -0.1) is 0 Å². The Kier molecular flexibility index (Phi) is 8.26. The molecule has 8 nitrogen and oxygen atoms in total. The maximum atomic E-state index is 12.4. The number of ether oxygens (including phenoxy) is 2. The lowest BCUT2D eigenvalue weighted by Crippen LogP contribution is -2.39. The number of sulfonamides is 1. The summed E-state index contributed by atoms with van der Waals surface area (Å²) in [6.45, 7) is 1.79. The average Bonchev–Trinajstić information content (AvgIpc) is 2.82. The van der Waals surface area contributed by atoms with Gasteiger partial charge in [0.25, 0.3) is 5.91 Å². The molecule has 0 saturated carbocycles. The first kappa shape index (κ1) is 24.8. The monoisotopic (exact) mass is 481 g/mol. The van der Waals surface area contributed by atoms with Crippen molar-refractivity contribution in [3.05, 3.63) is 89.5 Å². The van der Waals surface area contributed by atoms with Gasteiger partial charge in [0.15, 0.2) is 11.5 Å². The number of para-hydroxylation sites is 1. The molecule has 0 bridgehead atoms. The highest BCUT2D eigenvalue weighted by molar-refractivity contribution is 7.92. The van der Waals surface area contributed by atoms with Crippen LogP contribution in [0.5, 0.6) is 11.5 Å². The Morgan fingerprint density at radius 3 is 2.41 bits per heavy atom. The van der Waals surface area contributed by atoms with Crippen LogP contribution >= 0.6 is 0 Å². The Hall–Kier alpha value is -3.85. The second kappa shape index (κ2) is 11.3. The lowest BCUT2D eigenvalue weighted by atomic mass is 10.2. The highest BCUT2D eigenvalue weighted by Crippen LogP contribution is 2.28. The first-order chi connectivity index (χ1) is 16.3. The number of carbonyl (C=O) groups is 1. The molecule has 0 aliphatic carbocycles. The minimum atomic E-state index is -3.66. The molecular weight excluding hydrogens is 454 g/mol. The van der Waals surface area contributed by atoms with Crippen LogP contribution in [0, 0.1) is 6.92 Å². The zero-order valence-electron chi connectivity index (χ0n) is 19.3. The number of hydrogen-bond acceptors (Lipinski definition) is 6. The lowest BCUT2D eigenvalue weighted by Gasteiger charge is -2.23. The van der Waals surface area contributed by atoms with Gasteiger partial charge in [-0.2, -0.15) is 5.10 Å². The average molecular weight is 482 g/mol. The minimum Gasteiger partial charge on any atom is -0.493 e. The summed E-state index contributed by atoms with van der Waals surface area (Å²) in [7, 11) is -2.12. The molecule has 0 unspecified atom stereocenters. The van der Waals surface area contributed by atoms with E-state index in [1.165, 1.54) is 6.21 Å². The summed E-state index contributed by atoms with van der Waals surface area (Å²) in [6.07, 6.45) is 2.50. The molecule has 3 rings (SSSR count). The van der Waals surface area contributed by atoms with Gasteiger partial charge < -0.3 is 9.47 Å². The fraction of sp³-hybridized carbons (Fsp3) is 0.200. The highest BCUT2D eigenvalue weighted by atomic mass is 32.2. The van der Waals surface area contributed by atoms with Crippen LogP contribution in [0.15, 0.2) is 77.9 Å². The van der Waals surface area contributed by atoms with Crippen molar-refractivity contribution >= 4 is 27.8 Å². The summed E-state index contributed by atoms with van der Waals surface area (Å²) in [5.74, 6) is 0.531. The molecule has 3 aromatic rings. The third-order valence-electron chi connectivity index (χ3n) is 4.90. The predicted molar refractivity (Wildman–Crippen MR) is 133 cm³/mol. The van der Waals surface area contributed by atoms with E-state index in [0.717, 1.165) is 21.7 Å². The van der Waals surface area contributed by atoms with Crippen molar-refractivity contribution in [3.8, 4) is 11.5 Å². The van der Waals surface area contributed by atoms with Gasteiger partial charge in [-0.25, -0.2) is 13.8 Å². The molecule has 3 aromatic carbocycles. The van der Waals surface area contributed by atoms with Crippen molar-refractivity contribution in [1.82, 2.24) is 5.43 Å². The van der Waals surface area contributed by atoms with E-state index in [2.05, 4.69) is 10.5 Å². The summed E-state index contributed by atoms with van der Waals surface area (Å²) in [5, 5.41) is 3.95. The molecule has 0 heterocycles. The van der Waals surface area contributed by atoms with Gasteiger partial charge in [0, 0.05) is 0 Å². The van der Waals surface area contributed by atoms with E-state index in [0.29, 0.717) is 29.4 Å². The van der Waals surface area contributed by atoms with Gasteiger partial charge in [0.1, 0.15) is 13.2 Å². The van der Waals surface area contributed by atoms with Crippen molar-refractivity contribution in [2.45, 2.75) is 13.5 Å². The number of benzene rings is 3. The molecule has 9 heteroatoms. The second-order valence-corrected chi connectivity index (χ2v) is 9.44. The number of methoxy groups -OCH3 is 1. The van der Waals surface area contributed by atoms with Crippen molar-refractivity contribution in [1.29, 1.82) is 0 Å². The van der Waals surface area contributed by atoms with Gasteiger partial charge in [0.05, 0.1) is 25.3 Å². The first-order valence-electron chi connectivity index (χ1n) is 10.5. The van der Waals surface area contributed by atoms with Crippen LogP contribution in [0.4, 0.5) is 5.69 Å². The third kappa shape index (κ3) is 6.82. The standard InChI is InChI=1S/C25H27N3O5S/c1-19-9-7-8-12-22(19)28(34(3,30)31)17-25(29)27-26-16-21-13-14-23(24(15-21)32-2)33-18-20-10-5-4-6-11-20/h4-16H,17-18H2,1-3H3,(H,27,29)/b26-16-. The predicted octanol–water partition coefficient (Wildman–Crippen LogP) is 3.50. The van der Waals surface area contributed by atoms with Gasteiger partial charge in [-0.05, 0) is 47.9 Å². The summed E-state index contributed by atoms with van der Waals surface area (Å²) < 4.78 is 36.8. The summed E-state index contributed by atoms with van der Waals surface area (Å²) in [5.41, 5.74) is 5.26. The molecule has 0 aliphatic heterocycles. The molecule has 1 N–H and O–H groups in total. The van der Waals surface area contributed by atoms with Crippen LogP contribution < -0.4 is 19.2 Å². The fourth-order valence-electron chi connectivity index (χ4n) is 3.19. The Balaban J connectivity index is 1.63. The highest BCUT2D eigenvalue weighted by Gasteiger charge is 2.21. The molecule has 34 heavy (non-hydrogen) atoms. The quantitative estimate of drug-likeness (QED) is 0.353. The number of amides is 1. The Bertz CT molecular complexity index is 1260. The van der Waals surface area contributed by atoms with Gasteiger partial charge in [-0.3, -0.25) is 9.10 Å². The number of nitrogens with one attached hydrogen (secondary N) is 1. The molecule has 0 radical (unpaired) electrons. The number of aryl methyl sites for hydroxylation is 1. The molecular formula is C25H27N3O5S. The number of carbonyl (C=O) groups excluding carboxylic acids is 1. The van der Waals surface area contributed by atoms with Gasteiger partial charge in [0.2, 0.25) is 10.0 Å². The maximum Gasteiger partial charge on any atom is 0.260 e. The molecule has 0 spiro atoms. The zero-order valence-corrected chi connectivity index (χ0v) is 20.1. The molecule has 0 aliphatic rings. The van der Waals surface area contributed by atoms with Crippen molar-refractivity contribution in [2.24, 2.45) is 5.10 Å². The first-order valence-corrected chi connectivity index (χ1v) is 12.3. The summed E-state index contributed by atoms with van der Waals surface area (Å²) in [6, 6.07) is 22.0. The smallest absolute Gasteiger partial charge is 0.260 e. The molecule has 1 amide bonds. The van der Waals surface area contributed by atoms with E-state index >= 15 is 0 Å². The Labute approximate surface area is 199 Å². The Morgan fingerprint density at radius 2 is 1.74 bits per heavy atom. The number of rotatable bonds is 10. The number of anilines is 1. The topological polar surface area (TPSA) is 97.3 Å². The van der Waals surface area contributed by atoms with Crippen LogP contribution in [0.25, 0.3) is 0 Å². The molecule has 178 valence electrons. The second-order valence-electron chi connectivity index (χ2n) is 7.53. The molecule has 0 atom stereocenters. The van der Waals surface area contributed by atoms with Crippen molar-refractivity contribution in [3.63, 3.8) is 0 Å². The van der Waals surface area contributed by atoms with Crippen LogP contribution in [0.3, 0.4) is 0 Å². The molecule has 0 fully saturated rings. The van der Waals surface area contributed by atoms with Gasteiger partial charge in [-0.1, -0.05) is 48.5 Å². The van der Waals surface area contributed by atoms with Crippen LogP contribution in [-0.2, 0) is 21.4 Å². The van der Waals surface area contributed by atoms with E-state index in [1.807, 2.05) is 30.3 Å². The van der Waals surface area contributed by atoms with Crippen molar-refractivity contribution < 1.29 is 22.7 Å². The number of nitrogens with zero attached hydrogens (tertiary/aromatic N) is 2. The van der Waals surface area contributed by atoms with E-state index in [9.17, 15) is 13.2 Å². The van der Waals surface area contributed by atoms with Crippen LogP contribution in [0.1, 0.15) is 16.7 Å². The molecule has 0 aromatic heterocycles. The van der Waals surface area contributed by atoms with E-state index in [4.69, 9.17) is 9.47 Å². The lowest BCUT2D eigenvalue weighted by molar-refractivity contribution is -0.119. The van der Waals surface area contributed by atoms with Gasteiger partial charge >= 0.3 is 0 Å². The fourth-order valence-corrected chi connectivity index (χ4v) is 4.10.